The van der Waals surface area contributed by atoms with E-state index in [1.54, 1.807) is 64.2 Å². The largest absolute Gasteiger partial charge is 0.875 e. The maximum absolute atomic E-state index is 14.2. The number of aromatic hydroxyl groups is 2. The molecule has 9 N–H and O–H groups in total. The van der Waals surface area contributed by atoms with E-state index in [0.29, 0.717) is 78.2 Å². The van der Waals surface area contributed by atoms with Crippen LogP contribution in [0.1, 0.15) is 114 Å². The number of phenolic OH excluding ortho intramolecular Hbond substituents is 2. The first-order valence-electron chi connectivity index (χ1n) is 24.4. The number of hydrogen-bond acceptors (Lipinski definition) is 13. The average Bonchev–Trinajstić information content (AvgIpc) is 3.96. The van der Waals surface area contributed by atoms with E-state index in [1.165, 1.54) is 5.56 Å². The van der Waals surface area contributed by atoms with Crippen LogP contribution in [-0.2, 0) is 29.8 Å². The Balaban J connectivity index is 1.12. The van der Waals surface area contributed by atoms with Gasteiger partial charge in [-0.15, -0.1) is 5.76 Å². The van der Waals surface area contributed by atoms with Crippen molar-refractivity contribution in [3.63, 3.8) is 0 Å². The summed E-state index contributed by atoms with van der Waals surface area (Å²) < 4.78 is 6.15. The molecule has 1 fully saturated rings. The van der Waals surface area contributed by atoms with Gasteiger partial charge in [-0.05, 0) is 150 Å². The molecule has 2 aliphatic carbocycles. The van der Waals surface area contributed by atoms with Crippen molar-refractivity contribution in [3.8, 4) is 29.1 Å². The van der Waals surface area contributed by atoms with Crippen LogP contribution in [0.4, 0.5) is 0 Å². The third kappa shape index (κ3) is 13.0. The summed E-state index contributed by atoms with van der Waals surface area (Å²) in [4.78, 5) is 18.1. The van der Waals surface area contributed by atoms with E-state index in [2.05, 4.69) is 29.0 Å². The molecule has 0 saturated heterocycles. The topological polar surface area (TPSA) is 215 Å². The molecule has 11 nitrogen and oxygen atoms in total. The van der Waals surface area contributed by atoms with E-state index in [4.69, 9.17) is 16.2 Å². The summed E-state index contributed by atoms with van der Waals surface area (Å²) in [5.41, 5.74) is 20.1. The van der Waals surface area contributed by atoms with Crippen LogP contribution in [0.3, 0.4) is 0 Å². The number of nitrogens with zero attached hydrogens (tertiary/aromatic N) is 1. The molecule has 368 valence electrons. The van der Waals surface area contributed by atoms with Crippen molar-refractivity contribution in [1.29, 1.82) is 0 Å². The fraction of sp³-hybridized carbons (Fsp3) is 0.404. The number of aryl methyl sites for hydroxylation is 2. The summed E-state index contributed by atoms with van der Waals surface area (Å²) in [5, 5.41) is 68.8. The number of ketones is 1. The Labute approximate surface area is 419 Å². The molecule has 0 spiro atoms. The predicted octanol–water partition coefficient (Wildman–Crippen LogP) is 7.98. The van der Waals surface area contributed by atoms with E-state index < -0.39 is 29.7 Å². The monoisotopic (exact) mass is 982 g/mol. The molecule has 8 rings (SSSR count). The van der Waals surface area contributed by atoms with Crippen molar-refractivity contribution < 1.29 is 40.2 Å². The summed E-state index contributed by atoms with van der Waals surface area (Å²) >= 11 is 0. The predicted molar refractivity (Wildman–Crippen MR) is 277 cm³/mol. The number of allylic oxidation sites excluding steroid dienone is 5. The zero-order valence-electron chi connectivity index (χ0n) is 39.5. The average molecular weight is 983 g/mol. The molecule has 1 saturated carbocycles. The number of fused-ring (bicyclic) bond motifs is 9. The number of carbonyl (C=O) groups excluding carboxylic acids is 1. The number of benzene rings is 4. The molecule has 4 aliphatic rings. The SMILES string of the molecule is NC(N)c1cc2c3cc1CSSC[C@@H]1C[C@](CC[C@H](CCc4ccccc4)C[C@H](O)CO)(/C=C\C(=O)CCc4ccc(O)c(c4)OCCc4ccc(O)c(c4)[C@@H]3CC([O-])=C3C=CN=C3CC#C2)C[C@H]1O. The lowest BCUT2D eigenvalue weighted by molar-refractivity contribution is -0.307. The third-order valence-corrected chi connectivity index (χ3v) is 16.8. The van der Waals surface area contributed by atoms with Gasteiger partial charge >= 0.3 is 0 Å². The van der Waals surface area contributed by atoms with Crippen LogP contribution in [0, 0.1) is 29.1 Å². The van der Waals surface area contributed by atoms with Crippen LogP contribution in [0.25, 0.3) is 0 Å². The van der Waals surface area contributed by atoms with Crippen molar-refractivity contribution in [3.05, 3.63) is 159 Å². The van der Waals surface area contributed by atoms with Crippen LogP contribution in [0.5, 0.6) is 17.2 Å². The molecule has 13 heteroatoms. The number of rotatable bonds is 10. The van der Waals surface area contributed by atoms with E-state index in [1.807, 2.05) is 48.5 Å². The molecular formula is C57H64N3O8S2-. The molecule has 2 aliphatic heterocycles. The number of phenols is 2. The normalized spacial score (nSPS) is 23.2. The Morgan fingerprint density at radius 3 is 2.51 bits per heavy atom. The minimum Gasteiger partial charge on any atom is -0.875 e. The maximum Gasteiger partial charge on any atom is 0.161 e. The summed E-state index contributed by atoms with van der Waals surface area (Å²) in [6.07, 6.45) is 11.0. The van der Waals surface area contributed by atoms with Gasteiger partial charge in [0.1, 0.15) is 5.75 Å². The van der Waals surface area contributed by atoms with Crippen molar-refractivity contribution in [2.75, 3.05) is 19.0 Å². The highest BCUT2D eigenvalue weighted by Crippen LogP contribution is 2.50. The highest BCUT2D eigenvalue weighted by molar-refractivity contribution is 8.76. The van der Waals surface area contributed by atoms with Gasteiger partial charge in [0.15, 0.2) is 17.3 Å². The fourth-order valence-corrected chi connectivity index (χ4v) is 13.0. The summed E-state index contributed by atoms with van der Waals surface area (Å²) in [7, 11) is 3.30. The summed E-state index contributed by atoms with van der Waals surface area (Å²) in [5.74, 6) is 7.36. The van der Waals surface area contributed by atoms with Crippen LogP contribution >= 0.6 is 21.6 Å². The van der Waals surface area contributed by atoms with Gasteiger partial charge in [0, 0.05) is 47.6 Å². The standard InChI is InChI=1S/C57H65N3O8S2/c58-56(59)47-28-40-7-4-8-50-45(19-23-60-50)53(66)30-48-46(40)29-41(47)34-69-70-35-42-31-57(32-54(42)67,21-17-38(25-44(63)33-61)10-9-36-5-2-1-3-6-36)22-18-43(62)14-11-37-13-16-52(65)55(27-37)68-24-20-39-12-15-51(64)49(48)26-39/h1-3,5-6,12-13,15-16,18-19,22-23,26-29,38,42,44,48,54,56,61,63-67H,8-11,14,17,20-21,24-25,30-35,58-59H2/p-1/b22-18-,53-45?/t38-,42-,44-,48+,54+,57-/m0/s1. The van der Waals surface area contributed by atoms with Gasteiger partial charge < -0.3 is 46.8 Å². The van der Waals surface area contributed by atoms with Gasteiger partial charge in [-0.1, -0.05) is 94.1 Å². The second-order valence-electron chi connectivity index (χ2n) is 19.4. The smallest absolute Gasteiger partial charge is 0.161 e. The van der Waals surface area contributed by atoms with Crippen molar-refractivity contribution in [2.24, 2.45) is 33.7 Å². The van der Waals surface area contributed by atoms with E-state index >= 15 is 0 Å². The van der Waals surface area contributed by atoms with Crippen molar-refractivity contribution >= 4 is 33.1 Å². The van der Waals surface area contributed by atoms with Gasteiger partial charge in [0.2, 0.25) is 0 Å². The Morgan fingerprint density at radius 2 is 1.71 bits per heavy atom. The van der Waals surface area contributed by atoms with E-state index in [0.717, 1.165) is 47.1 Å². The Kier molecular flexibility index (Phi) is 17.3. The van der Waals surface area contributed by atoms with E-state index in [9.17, 15) is 35.4 Å². The second-order valence-corrected chi connectivity index (χ2v) is 21.9. The van der Waals surface area contributed by atoms with Crippen LogP contribution in [-0.4, -0.2) is 68.2 Å². The van der Waals surface area contributed by atoms with Gasteiger partial charge in [-0.2, -0.15) is 0 Å². The van der Waals surface area contributed by atoms with Gasteiger partial charge in [0.25, 0.3) is 0 Å². The highest BCUT2D eigenvalue weighted by Gasteiger charge is 2.43. The highest BCUT2D eigenvalue weighted by atomic mass is 33.1. The minimum absolute atomic E-state index is 0.0219. The minimum atomic E-state index is -0.833. The van der Waals surface area contributed by atoms with Crippen molar-refractivity contribution in [1.82, 2.24) is 0 Å². The zero-order chi connectivity index (χ0) is 49.2. The van der Waals surface area contributed by atoms with Gasteiger partial charge in [-0.3, -0.25) is 9.79 Å². The maximum atomic E-state index is 14.2. The lowest BCUT2D eigenvalue weighted by Gasteiger charge is -2.29. The van der Waals surface area contributed by atoms with Gasteiger partial charge in [-0.25, -0.2) is 0 Å². The summed E-state index contributed by atoms with van der Waals surface area (Å²) in [6, 6.07) is 24.7. The van der Waals surface area contributed by atoms with E-state index in [-0.39, 0.29) is 67.4 Å². The van der Waals surface area contributed by atoms with Crippen LogP contribution in [0.2, 0.25) is 0 Å². The number of nitrogens with two attached hydrogens (primary N) is 2. The third-order valence-electron chi connectivity index (χ3n) is 14.4. The number of carbonyl (C=O) groups is 1. The Bertz CT molecular complexity index is 2690. The number of aliphatic imine (C=N–C) groups is 1. The number of aliphatic hydroxyl groups excluding tert-OH is 3. The molecule has 0 radical (unpaired) electrons. The van der Waals surface area contributed by atoms with Crippen molar-refractivity contribution in [2.45, 2.75) is 107 Å². The summed E-state index contributed by atoms with van der Waals surface area (Å²) in [6.45, 7) is -0.107. The molecule has 6 atom stereocenters. The fourth-order valence-electron chi connectivity index (χ4n) is 10.5. The first kappa shape index (κ1) is 51.1. The van der Waals surface area contributed by atoms with Crippen LogP contribution < -0.4 is 21.3 Å². The van der Waals surface area contributed by atoms with Gasteiger partial charge in [0.05, 0.1) is 43.7 Å². The molecule has 2 heterocycles. The molecule has 4 aromatic carbocycles. The second kappa shape index (κ2) is 23.7. The molecule has 8 bridgehead atoms. The first-order valence-corrected chi connectivity index (χ1v) is 26.9. The molecule has 0 unspecified atom stereocenters. The lowest BCUT2D eigenvalue weighted by Crippen LogP contribution is -2.23. The zero-order valence-corrected chi connectivity index (χ0v) is 41.1. The first-order chi connectivity index (χ1) is 33.9. The number of aliphatic hydroxyl groups is 3. The number of hydrogen-bond donors (Lipinski definition) is 7. The molecular weight excluding hydrogens is 919 g/mol. The lowest BCUT2D eigenvalue weighted by atomic mass is 9.76. The molecule has 0 aromatic heterocycles. The Hall–Kier alpha value is -5.30. The molecule has 70 heavy (non-hydrogen) atoms. The quantitative estimate of drug-likeness (QED) is 0.0458. The Morgan fingerprint density at radius 1 is 0.914 bits per heavy atom. The molecule has 4 aromatic rings. The van der Waals surface area contributed by atoms with Crippen LogP contribution in [0.15, 0.2) is 120 Å². The molecule has 0 amide bonds. The number of ether oxygens (including phenoxy) is 1.